The number of carboxylic acid groups (broad SMARTS) is 1. The first-order chi connectivity index (χ1) is 15.9. The Morgan fingerprint density at radius 1 is 0.939 bits per heavy atom. The smallest absolute Gasteiger partial charge is 0.335 e. The maximum absolute atomic E-state index is 13.6. The number of aromatic carboxylic acids is 1. The van der Waals surface area contributed by atoms with Gasteiger partial charge in [0.2, 0.25) is 0 Å². The highest BCUT2D eigenvalue weighted by atomic mass is 35.5. The number of hydrogen-bond donors (Lipinski definition) is 1. The zero-order chi connectivity index (χ0) is 23.5. The van der Waals surface area contributed by atoms with E-state index in [2.05, 4.69) is 0 Å². The van der Waals surface area contributed by atoms with Crippen molar-refractivity contribution in [3.05, 3.63) is 111 Å². The molecule has 3 aromatic rings. The Morgan fingerprint density at radius 3 is 2.24 bits per heavy atom. The summed E-state index contributed by atoms with van der Waals surface area (Å²) >= 11 is 6.32. The molecule has 0 fully saturated rings. The Bertz CT molecular complexity index is 1260. The minimum absolute atomic E-state index is 0.0907. The van der Waals surface area contributed by atoms with E-state index in [-0.39, 0.29) is 23.8 Å². The van der Waals surface area contributed by atoms with Crippen molar-refractivity contribution in [2.75, 3.05) is 0 Å². The first-order valence-electron chi connectivity index (χ1n) is 10.7. The average Bonchev–Trinajstić information content (AvgIpc) is 2.83. The van der Waals surface area contributed by atoms with Crippen molar-refractivity contribution in [1.82, 2.24) is 4.90 Å². The van der Waals surface area contributed by atoms with Gasteiger partial charge in [0, 0.05) is 22.6 Å². The first-order valence-corrected chi connectivity index (χ1v) is 11.1. The quantitative estimate of drug-likeness (QED) is 0.503. The number of hydrogen-bond acceptors (Lipinski definition) is 3. The highest BCUT2D eigenvalue weighted by Gasteiger charge is 2.33. The van der Waals surface area contributed by atoms with Crippen molar-refractivity contribution in [3.63, 3.8) is 0 Å². The summed E-state index contributed by atoms with van der Waals surface area (Å²) in [6.07, 6.45) is 0.936. The molecule has 6 heteroatoms. The van der Waals surface area contributed by atoms with Gasteiger partial charge < -0.3 is 5.11 Å². The topological polar surface area (TPSA) is 74.7 Å². The molecule has 1 N–H and O–H groups in total. The third kappa shape index (κ3) is 4.45. The van der Waals surface area contributed by atoms with Crippen LogP contribution in [0.4, 0.5) is 0 Å². The Labute approximate surface area is 196 Å². The number of halogens is 1. The second kappa shape index (κ2) is 9.43. The van der Waals surface area contributed by atoms with Gasteiger partial charge in [-0.05, 0) is 59.5 Å². The van der Waals surface area contributed by atoms with Crippen molar-refractivity contribution in [2.45, 2.75) is 26.3 Å². The fourth-order valence-electron chi connectivity index (χ4n) is 4.05. The molecular weight excluding hydrogens is 438 g/mol. The summed E-state index contributed by atoms with van der Waals surface area (Å²) in [5.41, 5.74) is 3.94. The van der Waals surface area contributed by atoms with Gasteiger partial charge in [-0.3, -0.25) is 14.5 Å². The van der Waals surface area contributed by atoms with Gasteiger partial charge >= 0.3 is 5.97 Å². The van der Waals surface area contributed by atoms with E-state index >= 15 is 0 Å². The molecule has 0 aliphatic carbocycles. The number of nitrogens with zero attached hydrogens (tertiary/aromatic N) is 1. The van der Waals surface area contributed by atoms with Gasteiger partial charge in [-0.2, -0.15) is 0 Å². The van der Waals surface area contributed by atoms with E-state index in [1.54, 1.807) is 6.07 Å². The second-order valence-electron chi connectivity index (χ2n) is 7.84. The van der Waals surface area contributed by atoms with Gasteiger partial charge in [0.15, 0.2) is 5.78 Å². The molecular formula is C27H22ClNO4. The molecule has 0 saturated carbocycles. The number of amides is 1. The lowest BCUT2D eigenvalue weighted by Gasteiger charge is -2.33. The number of allylic oxidation sites excluding steroid dienone is 1. The molecule has 3 aromatic carbocycles. The van der Waals surface area contributed by atoms with Crippen molar-refractivity contribution in [2.24, 2.45) is 0 Å². The largest absolute Gasteiger partial charge is 0.478 e. The van der Waals surface area contributed by atoms with Crippen LogP contribution in [0.5, 0.6) is 0 Å². The monoisotopic (exact) mass is 459 g/mol. The number of fused-ring (bicyclic) bond motifs is 1. The van der Waals surface area contributed by atoms with E-state index < -0.39 is 5.97 Å². The van der Waals surface area contributed by atoms with Gasteiger partial charge in [-0.15, -0.1) is 0 Å². The molecule has 1 aliphatic rings. The molecule has 166 valence electrons. The number of rotatable bonds is 6. The molecule has 0 aromatic heterocycles. The van der Waals surface area contributed by atoms with Crippen LogP contribution in [0.25, 0.3) is 5.57 Å². The first kappa shape index (κ1) is 22.5. The Balaban J connectivity index is 1.93. The third-order valence-corrected chi connectivity index (χ3v) is 5.84. The van der Waals surface area contributed by atoms with E-state index in [9.17, 15) is 19.5 Å². The molecule has 0 radical (unpaired) electrons. The normalized spacial score (nSPS) is 13.0. The highest BCUT2D eigenvalue weighted by Crippen LogP contribution is 2.39. The van der Waals surface area contributed by atoms with E-state index in [1.165, 1.54) is 29.2 Å². The Kier molecular flexibility index (Phi) is 6.43. The van der Waals surface area contributed by atoms with E-state index in [0.717, 1.165) is 16.7 Å². The summed E-state index contributed by atoms with van der Waals surface area (Å²) in [5, 5.41) is 9.72. The number of carbonyl (C=O) groups excluding carboxylic acids is 2. The minimum Gasteiger partial charge on any atom is -0.478 e. The average molecular weight is 460 g/mol. The Morgan fingerprint density at radius 2 is 1.61 bits per heavy atom. The van der Waals surface area contributed by atoms with Crippen LogP contribution in [-0.2, 0) is 11.3 Å². The number of carboxylic acids is 1. The predicted octanol–water partition coefficient (Wildman–Crippen LogP) is 5.82. The van der Waals surface area contributed by atoms with Crippen LogP contribution in [0, 0.1) is 0 Å². The summed E-state index contributed by atoms with van der Waals surface area (Å²) in [5.74, 6) is -1.55. The number of Topliss-reactive ketones (excluding diaryl/α,β-unsaturated/α-hetero) is 1. The molecule has 1 aliphatic heterocycles. The van der Waals surface area contributed by atoms with Crippen LogP contribution < -0.4 is 0 Å². The molecule has 5 nitrogen and oxygen atoms in total. The van der Waals surface area contributed by atoms with Crippen LogP contribution >= 0.6 is 11.6 Å². The van der Waals surface area contributed by atoms with E-state index in [1.807, 2.05) is 49.4 Å². The van der Waals surface area contributed by atoms with Crippen LogP contribution in [0.3, 0.4) is 0 Å². The predicted molar refractivity (Wildman–Crippen MR) is 127 cm³/mol. The van der Waals surface area contributed by atoms with E-state index in [4.69, 9.17) is 11.6 Å². The zero-order valence-corrected chi connectivity index (χ0v) is 18.8. The number of benzene rings is 3. The van der Waals surface area contributed by atoms with Crippen LogP contribution in [0.2, 0.25) is 5.02 Å². The second-order valence-corrected chi connectivity index (χ2v) is 8.27. The molecule has 1 heterocycles. The standard InChI is InChI=1S/C27H22ClNO4/c1-2-6-23(30)25-24(17-7-4-3-5-8-17)22-15-21(28)14-13-20(22)16-29(25)26(31)18-9-11-19(12-10-18)27(32)33/h3-5,7-15H,2,6,16H2,1H3,(H,32,33). The lowest BCUT2D eigenvalue weighted by molar-refractivity contribution is -0.116. The fraction of sp³-hybridized carbons (Fsp3) is 0.148. The summed E-state index contributed by atoms with van der Waals surface area (Å²) < 4.78 is 0. The SMILES string of the molecule is CCCC(=O)C1=C(c2ccccc2)c2cc(Cl)ccc2CN1C(=O)c1ccc(C(=O)O)cc1. The molecule has 0 atom stereocenters. The molecule has 0 saturated heterocycles. The van der Waals surface area contributed by atoms with Crippen molar-refractivity contribution < 1.29 is 19.5 Å². The van der Waals surface area contributed by atoms with Gasteiger partial charge in [-0.1, -0.05) is 54.9 Å². The maximum atomic E-state index is 13.6. The van der Waals surface area contributed by atoms with Crippen LogP contribution in [0.1, 0.15) is 57.2 Å². The summed E-state index contributed by atoms with van der Waals surface area (Å²) in [4.78, 5) is 39.7. The van der Waals surface area contributed by atoms with Gasteiger partial charge in [0.1, 0.15) is 0 Å². The van der Waals surface area contributed by atoms with Gasteiger partial charge in [-0.25, -0.2) is 4.79 Å². The van der Waals surface area contributed by atoms with Crippen molar-refractivity contribution in [3.8, 4) is 0 Å². The van der Waals surface area contributed by atoms with Crippen molar-refractivity contribution >= 4 is 34.8 Å². The minimum atomic E-state index is -1.07. The van der Waals surface area contributed by atoms with Crippen LogP contribution in [0.15, 0.2) is 78.5 Å². The fourth-order valence-corrected chi connectivity index (χ4v) is 4.22. The summed E-state index contributed by atoms with van der Waals surface area (Å²) in [7, 11) is 0. The zero-order valence-electron chi connectivity index (χ0n) is 18.0. The van der Waals surface area contributed by atoms with Gasteiger partial charge in [0.05, 0.1) is 17.8 Å². The number of carbonyl (C=O) groups is 3. The Hall–Kier alpha value is -3.70. The highest BCUT2D eigenvalue weighted by molar-refractivity contribution is 6.31. The van der Waals surface area contributed by atoms with Crippen molar-refractivity contribution in [1.29, 1.82) is 0 Å². The summed E-state index contributed by atoms with van der Waals surface area (Å²) in [6.45, 7) is 2.14. The van der Waals surface area contributed by atoms with E-state index in [0.29, 0.717) is 34.7 Å². The molecule has 0 unspecified atom stereocenters. The maximum Gasteiger partial charge on any atom is 0.335 e. The molecule has 4 rings (SSSR count). The third-order valence-electron chi connectivity index (χ3n) is 5.60. The molecule has 1 amide bonds. The molecule has 0 spiro atoms. The lowest BCUT2D eigenvalue weighted by atomic mass is 9.86. The summed E-state index contributed by atoms with van der Waals surface area (Å²) in [6, 6.07) is 20.7. The van der Waals surface area contributed by atoms with Crippen LogP contribution in [-0.4, -0.2) is 27.7 Å². The van der Waals surface area contributed by atoms with Gasteiger partial charge in [0.25, 0.3) is 5.91 Å². The molecule has 33 heavy (non-hydrogen) atoms. The molecule has 0 bridgehead atoms. The lowest BCUT2D eigenvalue weighted by Crippen LogP contribution is -2.37. The number of ketones is 1.